The number of halogens is 3. The highest BCUT2D eigenvalue weighted by atomic mass is 19.4. The van der Waals surface area contributed by atoms with Gasteiger partial charge in [-0.05, 0) is 49.7 Å². The Balaban J connectivity index is 2.21. The smallest absolute Gasteiger partial charge is 0.412 e. The number of ketones is 1. The van der Waals surface area contributed by atoms with E-state index in [1.54, 1.807) is 0 Å². The number of allylic oxidation sites excluding steroid dienone is 5. The van der Waals surface area contributed by atoms with Crippen molar-refractivity contribution in [1.29, 1.82) is 5.26 Å². The Hall–Kier alpha value is -2.23. The summed E-state index contributed by atoms with van der Waals surface area (Å²) in [6.07, 6.45) is -1.89. The Bertz CT molecular complexity index is 723. The first kappa shape index (κ1) is 16.6. The number of nitrogens with two attached hydrogens (primary N) is 1. The van der Waals surface area contributed by atoms with E-state index in [1.807, 2.05) is 6.07 Å². The second kappa shape index (κ2) is 6.00. The number of hydrogen-bond donors (Lipinski definition) is 1. The minimum Gasteiger partial charge on any atom is -0.437 e. The predicted octanol–water partition coefficient (Wildman–Crippen LogP) is 3.77. The molecule has 0 aromatic rings. The summed E-state index contributed by atoms with van der Waals surface area (Å²) in [4.78, 5) is 12.1. The normalized spacial score (nSPS) is 25.4. The van der Waals surface area contributed by atoms with Crippen molar-refractivity contribution < 1.29 is 22.7 Å². The van der Waals surface area contributed by atoms with Gasteiger partial charge in [-0.25, -0.2) is 0 Å². The van der Waals surface area contributed by atoms with E-state index in [1.165, 1.54) is 0 Å². The summed E-state index contributed by atoms with van der Waals surface area (Å²) in [6.45, 7) is 0. The van der Waals surface area contributed by atoms with Gasteiger partial charge in [0.1, 0.15) is 11.6 Å². The van der Waals surface area contributed by atoms with Crippen LogP contribution in [0.15, 0.2) is 33.9 Å². The molecule has 7 heteroatoms. The van der Waals surface area contributed by atoms with Crippen molar-refractivity contribution in [3.63, 3.8) is 0 Å². The molecule has 0 spiro atoms. The molecule has 3 aliphatic rings. The molecule has 0 bridgehead atoms. The first-order valence-electron chi connectivity index (χ1n) is 7.97. The van der Waals surface area contributed by atoms with Crippen LogP contribution < -0.4 is 5.73 Å². The van der Waals surface area contributed by atoms with Crippen molar-refractivity contribution in [3.05, 3.63) is 33.9 Å². The van der Waals surface area contributed by atoms with Crippen molar-refractivity contribution in [2.75, 3.05) is 0 Å². The first-order valence-corrected chi connectivity index (χ1v) is 7.97. The summed E-state index contributed by atoms with van der Waals surface area (Å²) in [5.41, 5.74) is 5.83. The number of nitriles is 1. The van der Waals surface area contributed by atoms with E-state index in [0.29, 0.717) is 31.3 Å². The molecule has 0 fully saturated rings. The SMILES string of the molecule is N#CC1=C(N)OC2=C(CCCC2=O)C1C1=C(C(F)(F)F)CCCC1. The van der Waals surface area contributed by atoms with E-state index < -0.39 is 17.7 Å². The summed E-state index contributed by atoms with van der Waals surface area (Å²) in [7, 11) is 0. The Labute approximate surface area is 137 Å². The van der Waals surface area contributed by atoms with Gasteiger partial charge in [0.25, 0.3) is 0 Å². The molecule has 0 saturated heterocycles. The third kappa shape index (κ3) is 2.70. The molecule has 128 valence electrons. The average Bonchev–Trinajstić information content (AvgIpc) is 2.54. The fraction of sp³-hybridized carbons (Fsp3) is 0.529. The zero-order valence-electron chi connectivity index (χ0n) is 13.0. The Morgan fingerprint density at radius 2 is 1.75 bits per heavy atom. The van der Waals surface area contributed by atoms with E-state index in [4.69, 9.17) is 10.5 Å². The molecule has 0 aromatic carbocycles. The molecule has 0 saturated carbocycles. The maximum absolute atomic E-state index is 13.5. The summed E-state index contributed by atoms with van der Waals surface area (Å²) >= 11 is 0. The van der Waals surface area contributed by atoms with Gasteiger partial charge in [0.05, 0.1) is 0 Å². The van der Waals surface area contributed by atoms with Gasteiger partial charge in [-0.1, -0.05) is 0 Å². The van der Waals surface area contributed by atoms with Gasteiger partial charge in [0, 0.05) is 17.9 Å². The van der Waals surface area contributed by atoms with E-state index >= 15 is 0 Å². The molecule has 0 amide bonds. The number of ether oxygens (including phenoxy) is 1. The Morgan fingerprint density at radius 3 is 2.42 bits per heavy atom. The lowest BCUT2D eigenvalue weighted by atomic mass is 9.73. The largest absolute Gasteiger partial charge is 0.437 e. The zero-order chi connectivity index (χ0) is 17.5. The molecule has 4 nitrogen and oxygen atoms in total. The van der Waals surface area contributed by atoms with Crippen LogP contribution in [0.5, 0.6) is 0 Å². The third-order valence-corrected chi connectivity index (χ3v) is 4.83. The first-order chi connectivity index (χ1) is 11.3. The topological polar surface area (TPSA) is 76.1 Å². The van der Waals surface area contributed by atoms with Crippen molar-refractivity contribution >= 4 is 5.78 Å². The molecule has 1 heterocycles. The van der Waals surface area contributed by atoms with Gasteiger partial charge in [-0.15, -0.1) is 0 Å². The highest BCUT2D eigenvalue weighted by Gasteiger charge is 2.44. The van der Waals surface area contributed by atoms with Crippen molar-refractivity contribution in [1.82, 2.24) is 0 Å². The average molecular weight is 338 g/mol. The lowest BCUT2D eigenvalue weighted by molar-refractivity contribution is -0.119. The lowest BCUT2D eigenvalue weighted by Gasteiger charge is -2.35. The molecular weight excluding hydrogens is 321 g/mol. The van der Waals surface area contributed by atoms with E-state index in [9.17, 15) is 23.2 Å². The summed E-state index contributed by atoms with van der Waals surface area (Å²) in [6, 6.07) is 1.90. The summed E-state index contributed by atoms with van der Waals surface area (Å²) in [5, 5.41) is 9.43. The standard InChI is InChI=1S/C17H17F3N2O2/c18-17(19,20)12-6-2-1-4-9(12)14-10-5-3-7-13(23)15(10)24-16(22)11(14)8-21/h14H,1-7,22H2. The van der Waals surface area contributed by atoms with E-state index in [0.717, 1.165) is 0 Å². The van der Waals surface area contributed by atoms with Crippen LogP contribution in [-0.2, 0) is 9.53 Å². The Morgan fingerprint density at radius 1 is 1.08 bits per heavy atom. The van der Waals surface area contributed by atoms with Crippen molar-refractivity contribution in [2.24, 2.45) is 11.7 Å². The maximum atomic E-state index is 13.5. The second-order valence-corrected chi connectivity index (χ2v) is 6.26. The Kier molecular flexibility index (Phi) is 4.16. The van der Waals surface area contributed by atoms with Crippen LogP contribution in [0, 0.1) is 17.2 Å². The van der Waals surface area contributed by atoms with Crippen LogP contribution in [0.1, 0.15) is 44.9 Å². The molecule has 24 heavy (non-hydrogen) atoms. The van der Waals surface area contributed by atoms with Crippen LogP contribution in [-0.4, -0.2) is 12.0 Å². The fourth-order valence-electron chi connectivity index (χ4n) is 3.80. The zero-order valence-corrected chi connectivity index (χ0v) is 13.0. The minimum absolute atomic E-state index is 0.0119. The number of alkyl halides is 3. The molecular formula is C17H17F3N2O2. The number of carbonyl (C=O) groups excluding carboxylic acids is 1. The van der Waals surface area contributed by atoms with Gasteiger partial charge in [-0.3, -0.25) is 4.79 Å². The molecule has 2 N–H and O–H groups in total. The number of nitrogens with zero attached hydrogens (tertiary/aromatic N) is 1. The van der Waals surface area contributed by atoms with Crippen LogP contribution in [0.2, 0.25) is 0 Å². The molecule has 0 radical (unpaired) electrons. The fourth-order valence-corrected chi connectivity index (χ4v) is 3.80. The molecule has 3 rings (SSSR count). The van der Waals surface area contributed by atoms with Gasteiger partial charge in [-0.2, -0.15) is 18.4 Å². The van der Waals surface area contributed by atoms with Crippen LogP contribution in [0.25, 0.3) is 0 Å². The quantitative estimate of drug-likeness (QED) is 0.739. The third-order valence-electron chi connectivity index (χ3n) is 4.83. The summed E-state index contributed by atoms with van der Waals surface area (Å²) < 4.78 is 45.7. The lowest BCUT2D eigenvalue weighted by Crippen LogP contribution is -2.31. The molecule has 2 aliphatic carbocycles. The number of Topliss-reactive ketones (excluding diaryl/α,β-unsaturated/α-hetero) is 1. The molecule has 0 aromatic heterocycles. The van der Waals surface area contributed by atoms with Gasteiger partial charge >= 0.3 is 6.18 Å². The predicted molar refractivity (Wildman–Crippen MR) is 78.8 cm³/mol. The van der Waals surface area contributed by atoms with Gasteiger partial charge in [0.2, 0.25) is 5.88 Å². The minimum atomic E-state index is -4.44. The highest BCUT2D eigenvalue weighted by molar-refractivity contribution is 5.95. The molecule has 1 aliphatic heterocycles. The van der Waals surface area contributed by atoms with Crippen LogP contribution in [0.3, 0.4) is 0 Å². The molecule has 1 atom stereocenters. The van der Waals surface area contributed by atoms with E-state index in [-0.39, 0.29) is 47.8 Å². The monoisotopic (exact) mass is 338 g/mol. The molecule has 1 unspecified atom stereocenters. The van der Waals surface area contributed by atoms with Gasteiger partial charge < -0.3 is 10.5 Å². The van der Waals surface area contributed by atoms with Gasteiger partial charge in [0.15, 0.2) is 11.5 Å². The van der Waals surface area contributed by atoms with Crippen molar-refractivity contribution in [3.8, 4) is 6.07 Å². The van der Waals surface area contributed by atoms with Crippen LogP contribution >= 0.6 is 0 Å². The second-order valence-electron chi connectivity index (χ2n) is 6.26. The summed E-state index contributed by atoms with van der Waals surface area (Å²) in [5.74, 6) is -1.34. The number of rotatable bonds is 1. The number of carbonyl (C=O) groups is 1. The highest BCUT2D eigenvalue weighted by Crippen LogP contribution is 2.48. The van der Waals surface area contributed by atoms with E-state index in [2.05, 4.69) is 0 Å². The van der Waals surface area contributed by atoms with Crippen molar-refractivity contribution in [2.45, 2.75) is 51.1 Å². The maximum Gasteiger partial charge on any atom is 0.412 e. The number of hydrogen-bond acceptors (Lipinski definition) is 4. The van der Waals surface area contributed by atoms with Crippen LogP contribution in [0.4, 0.5) is 13.2 Å².